The van der Waals surface area contributed by atoms with E-state index >= 15 is 0 Å². The molecule has 0 bridgehead atoms. The molecule has 0 radical (unpaired) electrons. The van der Waals surface area contributed by atoms with Crippen molar-refractivity contribution in [3.8, 4) is 11.8 Å². The van der Waals surface area contributed by atoms with Gasteiger partial charge < -0.3 is 4.74 Å². The topological polar surface area (TPSA) is 67.2 Å². The molecule has 0 amide bonds. The van der Waals surface area contributed by atoms with Gasteiger partial charge in [-0.3, -0.25) is 9.00 Å². The number of hydrogen-bond acceptors (Lipinski definition) is 5. The van der Waals surface area contributed by atoms with Gasteiger partial charge in [-0.2, -0.15) is 5.26 Å². The predicted molar refractivity (Wildman–Crippen MR) is 77.8 cm³/mol. The number of methoxy groups -OCH3 is 1. The summed E-state index contributed by atoms with van der Waals surface area (Å²) in [6, 6.07) is 10.7. The van der Waals surface area contributed by atoms with Crippen LogP contribution in [-0.2, 0) is 10.8 Å². The minimum Gasteiger partial charge on any atom is -0.494 e. The molecule has 4 nitrogen and oxygen atoms in total. The average Bonchev–Trinajstić information content (AvgIpc) is 2.86. The van der Waals surface area contributed by atoms with Gasteiger partial charge in [-0.1, -0.05) is 30.3 Å². The van der Waals surface area contributed by atoms with Crippen LogP contribution in [0.2, 0.25) is 0 Å². The molecular formula is C14H11NO3S2. The molecule has 0 saturated heterocycles. The third kappa shape index (κ3) is 2.50. The van der Waals surface area contributed by atoms with E-state index < -0.39 is 10.8 Å². The molecule has 0 spiro atoms. The lowest BCUT2D eigenvalue weighted by molar-refractivity contribution is 0.104. The van der Waals surface area contributed by atoms with Crippen LogP contribution in [0.5, 0.6) is 5.75 Å². The van der Waals surface area contributed by atoms with E-state index in [2.05, 4.69) is 0 Å². The largest absolute Gasteiger partial charge is 0.494 e. The van der Waals surface area contributed by atoms with Gasteiger partial charge in [-0.15, -0.1) is 11.3 Å². The number of ketones is 1. The molecule has 102 valence electrons. The van der Waals surface area contributed by atoms with Crippen molar-refractivity contribution >= 4 is 27.9 Å². The average molecular weight is 305 g/mol. The number of hydrogen-bond donors (Lipinski definition) is 0. The summed E-state index contributed by atoms with van der Waals surface area (Å²) in [5.74, 6) is -0.0304. The number of carbonyl (C=O) groups excluding carboxylic acids is 1. The van der Waals surface area contributed by atoms with Gasteiger partial charge in [0.15, 0.2) is 5.75 Å². The van der Waals surface area contributed by atoms with Crippen LogP contribution in [0.1, 0.15) is 20.8 Å². The third-order valence-electron chi connectivity index (χ3n) is 2.65. The first-order valence-corrected chi connectivity index (χ1v) is 8.01. The molecule has 1 aromatic heterocycles. The molecule has 2 rings (SSSR count). The molecule has 1 aromatic carbocycles. The maximum Gasteiger partial charge on any atom is 0.206 e. The second-order valence-corrected chi connectivity index (χ2v) is 6.48. The predicted octanol–water partition coefficient (Wildman–Crippen LogP) is 2.60. The molecule has 20 heavy (non-hydrogen) atoms. The Labute approximate surface area is 123 Å². The Bertz CT molecular complexity index is 714. The normalized spacial score (nSPS) is 11.7. The highest BCUT2D eigenvalue weighted by Crippen LogP contribution is 2.38. The summed E-state index contributed by atoms with van der Waals surface area (Å²) in [5, 5.41) is 9.18. The number of nitriles is 1. The van der Waals surface area contributed by atoms with Crippen LogP contribution >= 0.6 is 11.3 Å². The zero-order chi connectivity index (χ0) is 14.7. The van der Waals surface area contributed by atoms with Crippen LogP contribution < -0.4 is 4.74 Å². The Kier molecular flexibility index (Phi) is 4.32. The van der Waals surface area contributed by atoms with Crippen molar-refractivity contribution in [2.45, 2.75) is 4.21 Å². The molecule has 0 aliphatic carbocycles. The van der Waals surface area contributed by atoms with Crippen LogP contribution in [-0.4, -0.2) is 23.4 Å². The quantitative estimate of drug-likeness (QED) is 0.814. The number of rotatable bonds is 4. The van der Waals surface area contributed by atoms with Crippen LogP contribution in [0, 0.1) is 11.3 Å². The van der Waals surface area contributed by atoms with Crippen LogP contribution in [0.4, 0.5) is 0 Å². The first-order valence-electron chi connectivity index (χ1n) is 5.64. The van der Waals surface area contributed by atoms with Crippen LogP contribution in [0.25, 0.3) is 0 Å². The molecule has 2 aromatic rings. The van der Waals surface area contributed by atoms with E-state index in [0.29, 0.717) is 14.6 Å². The molecule has 0 N–H and O–H groups in total. The highest BCUT2D eigenvalue weighted by atomic mass is 32.2. The Morgan fingerprint density at radius 3 is 2.50 bits per heavy atom. The molecule has 0 aliphatic heterocycles. The minimum absolute atomic E-state index is 0.178. The fourth-order valence-electron chi connectivity index (χ4n) is 1.76. The SMILES string of the molecule is COc1c(C(=O)c2ccccc2)sc(S(C)=O)c1C#N. The van der Waals surface area contributed by atoms with Gasteiger partial charge in [0.05, 0.1) is 17.9 Å². The summed E-state index contributed by atoms with van der Waals surface area (Å²) in [6.45, 7) is 0. The van der Waals surface area contributed by atoms with Gasteiger partial charge >= 0.3 is 0 Å². The van der Waals surface area contributed by atoms with Crippen molar-refractivity contribution in [3.63, 3.8) is 0 Å². The van der Waals surface area contributed by atoms with E-state index in [1.807, 2.05) is 12.1 Å². The molecule has 1 atom stereocenters. The van der Waals surface area contributed by atoms with E-state index in [0.717, 1.165) is 11.3 Å². The Hall–Kier alpha value is -1.97. The van der Waals surface area contributed by atoms with Crippen molar-refractivity contribution in [3.05, 3.63) is 46.3 Å². The number of thiophene rings is 1. The summed E-state index contributed by atoms with van der Waals surface area (Å²) >= 11 is 1.05. The highest BCUT2D eigenvalue weighted by molar-refractivity contribution is 7.86. The summed E-state index contributed by atoms with van der Waals surface area (Å²) < 4.78 is 17.2. The third-order valence-corrected chi connectivity index (χ3v) is 5.30. The highest BCUT2D eigenvalue weighted by Gasteiger charge is 2.26. The number of nitrogens with zero attached hydrogens (tertiary/aromatic N) is 1. The van der Waals surface area contributed by atoms with Crippen molar-refractivity contribution in [2.75, 3.05) is 13.4 Å². The zero-order valence-electron chi connectivity index (χ0n) is 10.9. The number of carbonyl (C=O) groups is 1. The molecular weight excluding hydrogens is 294 g/mol. The summed E-state index contributed by atoms with van der Waals surface area (Å²) in [7, 11) is 0.0553. The first-order chi connectivity index (χ1) is 9.60. The second kappa shape index (κ2) is 5.99. The second-order valence-electron chi connectivity index (χ2n) is 3.89. The maximum absolute atomic E-state index is 12.5. The summed E-state index contributed by atoms with van der Waals surface area (Å²) in [4.78, 5) is 12.8. The zero-order valence-corrected chi connectivity index (χ0v) is 12.5. The van der Waals surface area contributed by atoms with Gasteiger partial charge in [0.2, 0.25) is 5.78 Å². The van der Waals surface area contributed by atoms with E-state index in [9.17, 15) is 14.3 Å². The number of benzene rings is 1. The van der Waals surface area contributed by atoms with Gasteiger partial charge in [0.25, 0.3) is 0 Å². The molecule has 0 saturated carbocycles. The van der Waals surface area contributed by atoms with Crippen molar-refractivity contribution < 1.29 is 13.7 Å². The van der Waals surface area contributed by atoms with Gasteiger partial charge in [-0.25, -0.2) is 0 Å². The molecule has 1 unspecified atom stereocenters. The van der Waals surface area contributed by atoms with Crippen LogP contribution in [0.15, 0.2) is 34.5 Å². The number of ether oxygens (including phenoxy) is 1. The Morgan fingerprint density at radius 1 is 1.35 bits per heavy atom. The summed E-state index contributed by atoms with van der Waals surface area (Å²) in [6.07, 6.45) is 1.48. The lowest BCUT2D eigenvalue weighted by Crippen LogP contribution is -2.00. The fourth-order valence-corrected chi connectivity index (χ4v) is 3.82. The lowest BCUT2D eigenvalue weighted by Gasteiger charge is -2.02. The van der Waals surface area contributed by atoms with Crippen molar-refractivity contribution in [1.82, 2.24) is 0 Å². The molecule has 0 aliphatic rings. The van der Waals surface area contributed by atoms with Gasteiger partial charge in [-0.05, 0) is 0 Å². The Morgan fingerprint density at radius 2 is 2.00 bits per heavy atom. The van der Waals surface area contributed by atoms with Crippen LogP contribution in [0.3, 0.4) is 0 Å². The Balaban J connectivity index is 2.61. The molecule has 0 fully saturated rings. The maximum atomic E-state index is 12.5. The van der Waals surface area contributed by atoms with E-state index in [-0.39, 0.29) is 17.1 Å². The van der Waals surface area contributed by atoms with Gasteiger partial charge in [0.1, 0.15) is 20.7 Å². The van der Waals surface area contributed by atoms with E-state index in [1.165, 1.54) is 13.4 Å². The standard InChI is InChI=1S/C14H11NO3S2/c1-18-12-10(8-15)14(20(2)17)19-13(12)11(16)9-6-4-3-5-7-9/h3-7H,1-2H3. The minimum atomic E-state index is -1.34. The first kappa shape index (κ1) is 14.4. The lowest BCUT2D eigenvalue weighted by atomic mass is 10.1. The van der Waals surface area contributed by atoms with E-state index in [4.69, 9.17) is 4.74 Å². The molecule has 6 heteroatoms. The van der Waals surface area contributed by atoms with E-state index in [1.54, 1.807) is 24.3 Å². The van der Waals surface area contributed by atoms with Crippen molar-refractivity contribution in [2.24, 2.45) is 0 Å². The summed E-state index contributed by atoms with van der Waals surface area (Å²) in [5.41, 5.74) is 0.683. The smallest absolute Gasteiger partial charge is 0.206 e. The molecule has 1 heterocycles. The van der Waals surface area contributed by atoms with Gasteiger partial charge in [0, 0.05) is 11.8 Å². The monoisotopic (exact) mass is 305 g/mol. The fraction of sp³-hybridized carbons (Fsp3) is 0.143. The van der Waals surface area contributed by atoms with Crippen molar-refractivity contribution in [1.29, 1.82) is 5.26 Å².